The minimum absolute atomic E-state index is 0.0214. The Labute approximate surface area is 124 Å². The Morgan fingerprint density at radius 1 is 1.38 bits per heavy atom. The van der Waals surface area contributed by atoms with Crippen LogP contribution in [-0.4, -0.2) is 21.0 Å². The number of nitrogens with one attached hydrogen (secondary N) is 1. The van der Waals surface area contributed by atoms with Crippen molar-refractivity contribution >= 4 is 34.8 Å². The first-order valence-corrected chi connectivity index (χ1v) is 6.18. The maximum Gasteiger partial charge on any atom is 0.339 e. The highest BCUT2D eigenvalue weighted by atomic mass is 35.5. The molecule has 2 rings (SSSR count). The van der Waals surface area contributed by atoms with Crippen molar-refractivity contribution in [3.63, 3.8) is 0 Å². The fourth-order valence-corrected chi connectivity index (χ4v) is 1.87. The quantitative estimate of drug-likeness (QED) is 0.509. The lowest BCUT2D eigenvalue weighted by atomic mass is 10.2. The van der Waals surface area contributed by atoms with Crippen LogP contribution >= 0.6 is 11.6 Å². The third-order valence-corrected chi connectivity index (χ3v) is 2.97. The van der Waals surface area contributed by atoms with Gasteiger partial charge in [-0.1, -0.05) is 17.7 Å². The largest absolute Gasteiger partial charge is 0.478 e. The Bertz CT molecular complexity index is 733. The second-order valence-electron chi connectivity index (χ2n) is 4.22. The summed E-state index contributed by atoms with van der Waals surface area (Å²) in [6, 6.07) is 7.13. The van der Waals surface area contributed by atoms with Crippen LogP contribution in [0.2, 0.25) is 5.15 Å². The number of hydrogen-bond donors (Lipinski definition) is 2. The van der Waals surface area contributed by atoms with Gasteiger partial charge in [-0.25, -0.2) is 9.78 Å². The molecule has 1 aromatic heterocycles. The van der Waals surface area contributed by atoms with Crippen LogP contribution in [-0.2, 0) is 0 Å². The van der Waals surface area contributed by atoms with Gasteiger partial charge in [0, 0.05) is 17.3 Å². The first kappa shape index (κ1) is 14.7. The average molecular weight is 308 g/mol. The number of benzene rings is 1. The van der Waals surface area contributed by atoms with Crippen molar-refractivity contribution in [1.82, 2.24) is 4.98 Å². The van der Waals surface area contributed by atoms with Crippen LogP contribution in [0.1, 0.15) is 15.9 Å². The Balaban J connectivity index is 2.43. The van der Waals surface area contributed by atoms with Crippen molar-refractivity contribution < 1.29 is 14.8 Å². The van der Waals surface area contributed by atoms with Crippen molar-refractivity contribution in [2.45, 2.75) is 6.92 Å². The molecule has 2 aromatic rings. The molecule has 2 N–H and O–H groups in total. The van der Waals surface area contributed by atoms with E-state index in [1.165, 1.54) is 18.2 Å². The first-order chi connectivity index (χ1) is 9.88. The third kappa shape index (κ3) is 3.26. The Morgan fingerprint density at radius 3 is 2.71 bits per heavy atom. The van der Waals surface area contributed by atoms with Gasteiger partial charge < -0.3 is 10.4 Å². The predicted octanol–water partition coefficient (Wildman–Crippen LogP) is 3.39. The molecular formula is C13H10ClN3O4. The molecule has 0 aliphatic rings. The molecule has 0 radical (unpaired) electrons. The molecule has 8 heteroatoms. The second-order valence-corrected chi connectivity index (χ2v) is 4.61. The lowest BCUT2D eigenvalue weighted by Gasteiger charge is -2.09. The van der Waals surface area contributed by atoms with Crippen LogP contribution in [0.25, 0.3) is 0 Å². The zero-order valence-corrected chi connectivity index (χ0v) is 11.6. The molecule has 0 spiro atoms. The van der Waals surface area contributed by atoms with E-state index in [0.29, 0.717) is 11.3 Å². The minimum Gasteiger partial charge on any atom is -0.478 e. The lowest BCUT2D eigenvalue weighted by molar-refractivity contribution is -0.385. The Kier molecular flexibility index (Phi) is 4.04. The molecule has 0 fully saturated rings. The van der Waals surface area contributed by atoms with Crippen LogP contribution < -0.4 is 5.32 Å². The van der Waals surface area contributed by atoms with E-state index in [2.05, 4.69) is 10.3 Å². The van der Waals surface area contributed by atoms with Gasteiger partial charge in [0.15, 0.2) is 0 Å². The number of rotatable bonds is 4. The van der Waals surface area contributed by atoms with Crippen molar-refractivity contribution in [2.75, 3.05) is 5.32 Å². The summed E-state index contributed by atoms with van der Waals surface area (Å²) < 4.78 is 0. The lowest BCUT2D eigenvalue weighted by Crippen LogP contribution is -2.05. The van der Waals surface area contributed by atoms with Crippen LogP contribution in [0.15, 0.2) is 30.3 Å². The van der Waals surface area contributed by atoms with E-state index in [0.717, 1.165) is 0 Å². The van der Waals surface area contributed by atoms with Crippen molar-refractivity contribution in [3.8, 4) is 0 Å². The normalized spacial score (nSPS) is 10.2. The smallest absolute Gasteiger partial charge is 0.339 e. The molecule has 0 atom stereocenters. The highest BCUT2D eigenvalue weighted by Crippen LogP contribution is 2.26. The van der Waals surface area contributed by atoms with Crippen LogP contribution in [0.5, 0.6) is 0 Å². The SMILES string of the molecule is Cc1ccc(Nc2nc(Cl)ccc2C(=O)O)cc1[N+](=O)[O-]. The number of pyridine rings is 1. The molecule has 0 unspecified atom stereocenters. The van der Waals surface area contributed by atoms with Gasteiger partial charge in [-0.15, -0.1) is 0 Å². The van der Waals surface area contributed by atoms with E-state index >= 15 is 0 Å². The second kappa shape index (κ2) is 5.76. The number of halogens is 1. The van der Waals surface area contributed by atoms with Gasteiger partial charge in [0.05, 0.1) is 4.92 Å². The van der Waals surface area contributed by atoms with Gasteiger partial charge in [0.2, 0.25) is 0 Å². The molecule has 1 heterocycles. The number of carboxylic acid groups (broad SMARTS) is 1. The fourth-order valence-electron chi connectivity index (χ4n) is 1.72. The number of hydrogen-bond acceptors (Lipinski definition) is 5. The standard InChI is InChI=1S/C13H10ClN3O4/c1-7-2-3-8(6-10(7)17(20)21)15-12-9(13(18)19)4-5-11(14)16-12/h2-6H,1H3,(H,15,16)(H,18,19). The molecule has 0 bridgehead atoms. The van der Waals surface area contributed by atoms with Crippen molar-refractivity contribution in [1.29, 1.82) is 0 Å². The molecular weight excluding hydrogens is 298 g/mol. The number of nitrogens with zero attached hydrogens (tertiary/aromatic N) is 2. The number of carbonyl (C=O) groups is 1. The topological polar surface area (TPSA) is 105 Å². The van der Waals surface area contributed by atoms with E-state index < -0.39 is 10.9 Å². The zero-order chi connectivity index (χ0) is 15.6. The number of aromatic nitrogens is 1. The predicted molar refractivity (Wildman–Crippen MR) is 77.3 cm³/mol. The van der Waals surface area contributed by atoms with Gasteiger partial charge in [0.25, 0.3) is 5.69 Å². The maximum atomic E-state index is 11.1. The number of nitro benzene ring substituents is 1. The Hall–Kier alpha value is -2.67. The van der Waals surface area contributed by atoms with E-state index in [1.54, 1.807) is 19.1 Å². The number of nitro groups is 1. The summed E-state index contributed by atoms with van der Waals surface area (Å²) in [7, 11) is 0. The van der Waals surface area contributed by atoms with E-state index in [-0.39, 0.29) is 22.2 Å². The van der Waals surface area contributed by atoms with Gasteiger partial charge in [-0.05, 0) is 25.1 Å². The summed E-state index contributed by atoms with van der Waals surface area (Å²) in [5.74, 6) is -1.16. The molecule has 0 aliphatic heterocycles. The summed E-state index contributed by atoms with van der Waals surface area (Å²) in [4.78, 5) is 25.4. The summed E-state index contributed by atoms with van der Waals surface area (Å²) in [6.45, 7) is 1.61. The van der Waals surface area contributed by atoms with E-state index in [4.69, 9.17) is 16.7 Å². The number of aryl methyl sites for hydroxylation is 1. The highest BCUT2D eigenvalue weighted by Gasteiger charge is 2.15. The van der Waals surface area contributed by atoms with Gasteiger partial charge in [-0.3, -0.25) is 10.1 Å². The van der Waals surface area contributed by atoms with Gasteiger partial charge in [0.1, 0.15) is 16.5 Å². The molecule has 0 saturated carbocycles. The maximum absolute atomic E-state index is 11.1. The van der Waals surface area contributed by atoms with E-state index in [1.807, 2.05) is 0 Å². The highest BCUT2D eigenvalue weighted by molar-refractivity contribution is 6.29. The van der Waals surface area contributed by atoms with Crippen LogP contribution in [0.3, 0.4) is 0 Å². The van der Waals surface area contributed by atoms with Gasteiger partial charge in [-0.2, -0.15) is 0 Å². The average Bonchev–Trinajstić information content (AvgIpc) is 2.40. The molecule has 0 amide bonds. The van der Waals surface area contributed by atoms with Crippen LogP contribution in [0, 0.1) is 17.0 Å². The zero-order valence-electron chi connectivity index (χ0n) is 10.8. The monoisotopic (exact) mass is 307 g/mol. The fraction of sp³-hybridized carbons (Fsp3) is 0.0769. The molecule has 1 aromatic carbocycles. The summed E-state index contributed by atoms with van der Waals surface area (Å²) in [6.07, 6.45) is 0. The molecule has 0 saturated heterocycles. The molecule has 108 valence electrons. The van der Waals surface area contributed by atoms with Crippen LogP contribution in [0.4, 0.5) is 17.2 Å². The third-order valence-electron chi connectivity index (χ3n) is 2.76. The van der Waals surface area contributed by atoms with Crippen molar-refractivity contribution in [3.05, 3.63) is 56.7 Å². The minimum atomic E-state index is -1.18. The number of aromatic carboxylic acids is 1. The first-order valence-electron chi connectivity index (χ1n) is 5.80. The van der Waals surface area contributed by atoms with Crippen molar-refractivity contribution in [2.24, 2.45) is 0 Å². The van der Waals surface area contributed by atoms with E-state index in [9.17, 15) is 14.9 Å². The number of anilines is 2. The summed E-state index contributed by atoms with van der Waals surface area (Å²) in [5, 5.41) is 22.8. The molecule has 7 nitrogen and oxygen atoms in total. The number of carboxylic acids is 1. The molecule has 0 aliphatic carbocycles. The Morgan fingerprint density at radius 2 is 2.10 bits per heavy atom. The molecule has 21 heavy (non-hydrogen) atoms. The summed E-state index contributed by atoms with van der Waals surface area (Å²) in [5.41, 5.74) is 0.703. The summed E-state index contributed by atoms with van der Waals surface area (Å²) >= 11 is 5.74. The van der Waals surface area contributed by atoms with Gasteiger partial charge >= 0.3 is 5.97 Å².